The first-order valence-electron chi connectivity index (χ1n) is 5.80. The predicted molar refractivity (Wildman–Crippen MR) is 71.1 cm³/mol. The number of anilines is 1. The number of carbonyl (C=O) groups is 1. The van der Waals surface area contributed by atoms with Crippen molar-refractivity contribution < 1.29 is 27.1 Å². The summed E-state index contributed by atoms with van der Waals surface area (Å²) in [5, 5.41) is 2.77. The van der Waals surface area contributed by atoms with Crippen LogP contribution >= 0.6 is 11.8 Å². The molecule has 0 fully saturated rings. The maximum absolute atomic E-state index is 13.2. The lowest BCUT2D eigenvalue weighted by atomic mass is 10.1. The zero-order valence-electron chi connectivity index (χ0n) is 11.0. The summed E-state index contributed by atoms with van der Waals surface area (Å²) in [5.74, 6) is -10.5. The molecule has 0 spiro atoms. The highest BCUT2D eigenvalue weighted by molar-refractivity contribution is 8.03. The van der Waals surface area contributed by atoms with Crippen LogP contribution in [0.4, 0.5) is 23.2 Å². The number of ketones is 1. The van der Waals surface area contributed by atoms with E-state index in [2.05, 4.69) is 5.32 Å². The van der Waals surface area contributed by atoms with E-state index in [1.807, 2.05) is 0 Å². The standard InChI is InChI=1S/C13H11F4NO2S/c1-12(14,15)13(16,17)10(19)6-11-18-8-4-3-7(20-2)5-9(8)21-11/h3-6,18H,1-2H3/b11-6+. The lowest BCUT2D eigenvalue weighted by molar-refractivity contribution is -0.196. The Kier molecular flexibility index (Phi) is 3.92. The van der Waals surface area contributed by atoms with Gasteiger partial charge in [-0.05, 0) is 18.2 Å². The molecule has 0 amide bonds. The van der Waals surface area contributed by atoms with Crippen molar-refractivity contribution in [3.8, 4) is 5.75 Å². The van der Waals surface area contributed by atoms with Crippen LogP contribution in [-0.2, 0) is 4.79 Å². The molecule has 8 heteroatoms. The molecule has 1 N–H and O–H groups in total. The van der Waals surface area contributed by atoms with E-state index in [1.54, 1.807) is 18.2 Å². The maximum Gasteiger partial charge on any atom is 0.370 e. The number of thioether (sulfide) groups is 1. The molecule has 0 atom stereocenters. The number of benzene rings is 1. The van der Waals surface area contributed by atoms with Gasteiger partial charge in [-0.3, -0.25) is 4.79 Å². The van der Waals surface area contributed by atoms with Crippen LogP contribution in [0, 0.1) is 0 Å². The normalized spacial score (nSPS) is 16.6. The monoisotopic (exact) mass is 321 g/mol. The Morgan fingerprint density at radius 1 is 1.33 bits per heavy atom. The second-order valence-electron chi connectivity index (χ2n) is 4.42. The third-order valence-corrected chi connectivity index (χ3v) is 3.79. The minimum atomic E-state index is -4.74. The second-order valence-corrected chi connectivity index (χ2v) is 5.51. The van der Waals surface area contributed by atoms with Gasteiger partial charge in [0.15, 0.2) is 0 Å². The fourth-order valence-corrected chi connectivity index (χ4v) is 2.55. The molecule has 0 bridgehead atoms. The quantitative estimate of drug-likeness (QED) is 0.674. The highest BCUT2D eigenvalue weighted by Gasteiger charge is 2.57. The molecule has 0 aliphatic carbocycles. The van der Waals surface area contributed by atoms with E-state index in [1.165, 1.54) is 7.11 Å². The van der Waals surface area contributed by atoms with Crippen molar-refractivity contribution in [2.45, 2.75) is 23.7 Å². The molecule has 21 heavy (non-hydrogen) atoms. The van der Waals surface area contributed by atoms with Crippen molar-refractivity contribution >= 4 is 23.2 Å². The van der Waals surface area contributed by atoms with Gasteiger partial charge >= 0.3 is 11.8 Å². The summed E-state index contributed by atoms with van der Waals surface area (Å²) in [6, 6.07) is 4.93. The number of carbonyl (C=O) groups excluding carboxylic acids is 1. The maximum atomic E-state index is 13.2. The number of fused-ring (bicyclic) bond motifs is 1. The summed E-state index contributed by atoms with van der Waals surface area (Å²) in [6.07, 6.45) is 0.495. The van der Waals surface area contributed by atoms with E-state index in [-0.39, 0.29) is 12.0 Å². The first kappa shape index (κ1) is 15.7. The third kappa shape index (κ3) is 2.99. The Morgan fingerprint density at radius 2 is 2.00 bits per heavy atom. The first-order valence-corrected chi connectivity index (χ1v) is 6.61. The van der Waals surface area contributed by atoms with Gasteiger partial charge in [-0.2, -0.15) is 17.6 Å². The van der Waals surface area contributed by atoms with E-state index in [4.69, 9.17) is 4.74 Å². The Balaban J connectivity index is 2.21. The lowest BCUT2D eigenvalue weighted by Crippen LogP contribution is -2.44. The number of rotatable bonds is 4. The minimum Gasteiger partial charge on any atom is -0.497 e. The van der Waals surface area contributed by atoms with E-state index >= 15 is 0 Å². The van der Waals surface area contributed by atoms with Crippen molar-refractivity contribution in [1.82, 2.24) is 0 Å². The summed E-state index contributed by atoms with van der Waals surface area (Å²) in [5.41, 5.74) is 0.589. The zero-order valence-corrected chi connectivity index (χ0v) is 11.9. The van der Waals surface area contributed by atoms with Crippen molar-refractivity contribution in [1.29, 1.82) is 0 Å². The van der Waals surface area contributed by atoms with Gasteiger partial charge in [0.2, 0.25) is 5.78 Å². The topological polar surface area (TPSA) is 38.3 Å². The number of ether oxygens (including phenoxy) is 1. The van der Waals surface area contributed by atoms with Crippen LogP contribution in [0.15, 0.2) is 34.2 Å². The van der Waals surface area contributed by atoms with E-state index in [0.717, 1.165) is 11.8 Å². The summed E-state index contributed by atoms with van der Waals surface area (Å²) in [7, 11) is 1.47. The van der Waals surface area contributed by atoms with Crippen LogP contribution in [0.2, 0.25) is 0 Å². The highest BCUT2D eigenvalue weighted by Crippen LogP contribution is 2.43. The fraction of sp³-hybridized carbons (Fsp3) is 0.308. The van der Waals surface area contributed by atoms with Crippen LogP contribution in [0.5, 0.6) is 5.75 Å². The smallest absolute Gasteiger partial charge is 0.370 e. The minimum absolute atomic E-state index is 0.0121. The molecule has 114 valence electrons. The van der Waals surface area contributed by atoms with Crippen LogP contribution in [0.25, 0.3) is 0 Å². The van der Waals surface area contributed by atoms with Crippen molar-refractivity contribution in [2.24, 2.45) is 0 Å². The Labute approximate surface area is 122 Å². The van der Waals surface area contributed by atoms with Gasteiger partial charge < -0.3 is 10.1 Å². The number of alkyl halides is 4. The Morgan fingerprint density at radius 3 is 2.57 bits per heavy atom. The van der Waals surface area contributed by atoms with Crippen molar-refractivity contribution in [3.63, 3.8) is 0 Å². The van der Waals surface area contributed by atoms with E-state index < -0.39 is 17.6 Å². The third-order valence-electron chi connectivity index (χ3n) is 2.79. The lowest BCUT2D eigenvalue weighted by Gasteiger charge is -2.20. The molecule has 2 rings (SSSR count). The number of hydrogen-bond donors (Lipinski definition) is 1. The molecule has 1 aliphatic rings. The van der Waals surface area contributed by atoms with Crippen LogP contribution in [-0.4, -0.2) is 24.7 Å². The fourth-order valence-electron chi connectivity index (χ4n) is 1.59. The molecular weight excluding hydrogens is 310 g/mol. The van der Waals surface area contributed by atoms with E-state index in [9.17, 15) is 22.4 Å². The average Bonchev–Trinajstić information content (AvgIpc) is 2.78. The van der Waals surface area contributed by atoms with Gasteiger partial charge in [0.05, 0.1) is 17.8 Å². The molecule has 1 aromatic rings. The first-order chi connectivity index (χ1) is 9.65. The molecule has 0 unspecified atom stereocenters. The molecule has 3 nitrogen and oxygen atoms in total. The predicted octanol–water partition coefficient (Wildman–Crippen LogP) is 3.91. The second kappa shape index (κ2) is 5.25. The van der Waals surface area contributed by atoms with Crippen LogP contribution in [0.1, 0.15) is 6.92 Å². The molecule has 0 radical (unpaired) electrons. The van der Waals surface area contributed by atoms with Crippen molar-refractivity contribution in [2.75, 3.05) is 12.4 Å². The number of hydrogen-bond acceptors (Lipinski definition) is 4. The van der Waals surface area contributed by atoms with Crippen LogP contribution < -0.4 is 10.1 Å². The summed E-state index contributed by atoms with van der Waals surface area (Å²) >= 11 is 0.992. The molecule has 1 heterocycles. The summed E-state index contributed by atoms with van der Waals surface area (Å²) < 4.78 is 56.9. The average molecular weight is 321 g/mol. The Bertz CT molecular complexity index is 611. The van der Waals surface area contributed by atoms with Gasteiger partial charge in [-0.1, -0.05) is 11.8 Å². The highest BCUT2D eigenvalue weighted by atomic mass is 32.2. The number of halogens is 4. The van der Waals surface area contributed by atoms with Gasteiger partial charge in [0, 0.05) is 17.9 Å². The number of allylic oxidation sites excluding steroid dienone is 1. The van der Waals surface area contributed by atoms with Gasteiger partial charge in [-0.25, -0.2) is 0 Å². The number of nitrogens with one attached hydrogen (secondary N) is 1. The van der Waals surface area contributed by atoms with E-state index in [0.29, 0.717) is 22.4 Å². The number of methoxy groups -OCH3 is 1. The molecular formula is C13H11F4NO2S. The summed E-state index contributed by atoms with van der Waals surface area (Å²) in [4.78, 5) is 12.0. The van der Waals surface area contributed by atoms with Crippen LogP contribution in [0.3, 0.4) is 0 Å². The molecule has 0 aromatic heterocycles. The Hall–Kier alpha value is -1.70. The summed E-state index contributed by atoms with van der Waals surface area (Å²) in [6.45, 7) is 0.0121. The van der Waals surface area contributed by atoms with Gasteiger partial charge in [-0.15, -0.1) is 0 Å². The molecule has 1 aromatic carbocycles. The van der Waals surface area contributed by atoms with Crippen molar-refractivity contribution in [3.05, 3.63) is 29.3 Å². The zero-order chi connectivity index (χ0) is 15.8. The van der Waals surface area contributed by atoms with Gasteiger partial charge in [0.1, 0.15) is 5.75 Å². The largest absolute Gasteiger partial charge is 0.497 e. The SMILES string of the molecule is COc1ccc2c(c1)S/C(=C/C(=O)C(F)(F)C(C)(F)F)N2. The molecule has 1 aliphatic heterocycles. The molecule has 0 saturated carbocycles. The molecule has 0 saturated heterocycles. The van der Waals surface area contributed by atoms with Gasteiger partial charge in [0.25, 0.3) is 0 Å².